The summed E-state index contributed by atoms with van der Waals surface area (Å²) in [6, 6.07) is 5.93. The predicted octanol–water partition coefficient (Wildman–Crippen LogP) is 3.24. The SMILES string of the molecule is CCSC1=C(C(=O)OCc2ccc([N+](=O)[O-])cc2)N2C(=O)C(CC)C2C1. The molecule has 1 aromatic rings. The Labute approximate surface area is 155 Å². The number of esters is 1. The number of thioether (sulfide) groups is 1. The number of fused-ring (bicyclic) bond motifs is 1. The van der Waals surface area contributed by atoms with Gasteiger partial charge in [-0.3, -0.25) is 14.9 Å². The van der Waals surface area contributed by atoms with Crippen LogP contribution in [0.4, 0.5) is 5.69 Å². The van der Waals surface area contributed by atoms with Gasteiger partial charge in [0.2, 0.25) is 5.91 Å². The minimum Gasteiger partial charge on any atom is -0.456 e. The lowest BCUT2D eigenvalue weighted by Gasteiger charge is -2.43. The predicted molar refractivity (Wildman–Crippen MR) is 97.1 cm³/mol. The molecule has 138 valence electrons. The molecule has 0 aromatic heterocycles. The summed E-state index contributed by atoms with van der Waals surface area (Å²) in [6.45, 7) is 4.00. The second-order valence-corrected chi connectivity index (χ2v) is 7.56. The lowest BCUT2D eigenvalue weighted by Crippen LogP contribution is -2.58. The van der Waals surface area contributed by atoms with Crippen molar-refractivity contribution in [2.45, 2.75) is 39.3 Å². The van der Waals surface area contributed by atoms with Crippen LogP contribution in [0.15, 0.2) is 34.9 Å². The number of hydrogen-bond acceptors (Lipinski definition) is 6. The van der Waals surface area contributed by atoms with Gasteiger partial charge in [0.25, 0.3) is 5.69 Å². The molecule has 0 bridgehead atoms. The molecule has 2 aliphatic heterocycles. The summed E-state index contributed by atoms with van der Waals surface area (Å²) in [7, 11) is 0. The molecule has 8 heteroatoms. The number of rotatable bonds is 7. The lowest BCUT2D eigenvalue weighted by molar-refractivity contribution is -0.384. The summed E-state index contributed by atoms with van der Waals surface area (Å²) in [5, 5.41) is 10.7. The highest BCUT2D eigenvalue weighted by Crippen LogP contribution is 2.47. The van der Waals surface area contributed by atoms with Crippen LogP contribution in [0.25, 0.3) is 0 Å². The lowest BCUT2D eigenvalue weighted by atomic mass is 9.85. The number of ether oxygens (including phenoxy) is 1. The number of carbonyl (C=O) groups is 2. The average Bonchev–Trinajstić information content (AvgIpc) is 2.95. The largest absolute Gasteiger partial charge is 0.456 e. The number of nitro groups is 1. The van der Waals surface area contributed by atoms with E-state index in [2.05, 4.69) is 0 Å². The molecule has 1 amide bonds. The van der Waals surface area contributed by atoms with Crippen LogP contribution in [0.1, 0.15) is 32.3 Å². The Kier molecular flexibility index (Phi) is 5.31. The molecular formula is C18H20N2O5S. The van der Waals surface area contributed by atoms with Crippen LogP contribution in [0.3, 0.4) is 0 Å². The van der Waals surface area contributed by atoms with Gasteiger partial charge < -0.3 is 9.64 Å². The summed E-state index contributed by atoms with van der Waals surface area (Å²) in [6.07, 6.45) is 1.49. The standard InChI is InChI=1S/C18H20N2O5S/c1-3-13-14-9-15(26-4-2)16(19(14)17(13)21)18(22)25-10-11-5-7-12(8-6-11)20(23)24/h5-8,13-14H,3-4,9-10H2,1-2H3. The van der Waals surface area contributed by atoms with Crippen molar-refractivity contribution in [3.63, 3.8) is 0 Å². The Hall–Kier alpha value is -2.35. The minimum absolute atomic E-state index is 0.00788. The van der Waals surface area contributed by atoms with Gasteiger partial charge in [0, 0.05) is 23.5 Å². The van der Waals surface area contributed by atoms with Crippen molar-refractivity contribution >= 4 is 29.3 Å². The monoisotopic (exact) mass is 376 g/mol. The summed E-state index contributed by atoms with van der Waals surface area (Å²) < 4.78 is 5.38. The van der Waals surface area contributed by atoms with E-state index in [4.69, 9.17) is 4.74 Å². The van der Waals surface area contributed by atoms with Gasteiger partial charge >= 0.3 is 5.97 Å². The van der Waals surface area contributed by atoms with Gasteiger partial charge in [-0.25, -0.2) is 4.79 Å². The normalized spacial score (nSPS) is 21.5. The summed E-state index contributed by atoms with van der Waals surface area (Å²) in [4.78, 5) is 37.6. The van der Waals surface area contributed by atoms with Crippen molar-refractivity contribution in [2.75, 3.05) is 5.75 Å². The fraction of sp³-hybridized carbons (Fsp3) is 0.444. The van der Waals surface area contributed by atoms with Gasteiger partial charge in [0.05, 0.1) is 16.9 Å². The first-order valence-electron chi connectivity index (χ1n) is 8.57. The number of benzene rings is 1. The van der Waals surface area contributed by atoms with E-state index in [9.17, 15) is 19.7 Å². The molecule has 1 aromatic carbocycles. The van der Waals surface area contributed by atoms with Gasteiger partial charge in [-0.1, -0.05) is 13.8 Å². The zero-order chi connectivity index (χ0) is 18.8. The average molecular weight is 376 g/mol. The number of hydrogen-bond donors (Lipinski definition) is 0. The van der Waals surface area contributed by atoms with Crippen LogP contribution in [0, 0.1) is 16.0 Å². The molecule has 1 saturated heterocycles. The molecule has 26 heavy (non-hydrogen) atoms. The first kappa shape index (κ1) is 18.4. The second kappa shape index (κ2) is 7.49. The van der Waals surface area contributed by atoms with E-state index in [1.165, 1.54) is 12.1 Å². The third-order valence-corrected chi connectivity index (χ3v) is 5.72. The Bertz CT molecular complexity index is 774. The molecule has 2 atom stereocenters. The first-order chi connectivity index (χ1) is 12.5. The van der Waals surface area contributed by atoms with Gasteiger partial charge in [0.1, 0.15) is 12.3 Å². The van der Waals surface area contributed by atoms with Crippen molar-refractivity contribution in [3.05, 3.63) is 50.5 Å². The van der Waals surface area contributed by atoms with E-state index in [0.717, 1.165) is 17.1 Å². The number of carbonyl (C=O) groups excluding carboxylic acids is 2. The van der Waals surface area contributed by atoms with Crippen molar-refractivity contribution in [1.82, 2.24) is 4.90 Å². The number of non-ortho nitro benzene ring substituents is 1. The third kappa shape index (κ3) is 3.21. The zero-order valence-electron chi connectivity index (χ0n) is 14.6. The zero-order valence-corrected chi connectivity index (χ0v) is 15.5. The molecule has 7 nitrogen and oxygen atoms in total. The second-order valence-electron chi connectivity index (χ2n) is 6.20. The molecule has 0 N–H and O–H groups in total. The van der Waals surface area contributed by atoms with Crippen LogP contribution >= 0.6 is 11.8 Å². The highest BCUT2D eigenvalue weighted by molar-refractivity contribution is 8.03. The molecule has 0 spiro atoms. The van der Waals surface area contributed by atoms with E-state index < -0.39 is 10.9 Å². The van der Waals surface area contributed by atoms with E-state index >= 15 is 0 Å². The Morgan fingerprint density at radius 3 is 2.62 bits per heavy atom. The van der Waals surface area contributed by atoms with Gasteiger partial charge in [-0.2, -0.15) is 0 Å². The summed E-state index contributed by atoms with van der Waals surface area (Å²) in [5.41, 5.74) is 1.02. The molecule has 2 heterocycles. The van der Waals surface area contributed by atoms with Crippen molar-refractivity contribution in [3.8, 4) is 0 Å². The molecule has 0 saturated carbocycles. The van der Waals surface area contributed by atoms with Gasteiger partial charge in [0.15, 0.2) is 0 Å². The molecule has 0 radical (unpaired) electrons. The first-order valence-corrected chi connectivity index (χ1v) is 9.55. The number of nitrogens with zero attached hydrogens (tertiary/aromatic N) is 2. The smallest absolute Gasteiger partial charge is 0.356 e. The molecule has 2 unspecified atom stereocenters. The van der Waals surface area contributed by atoms with E-state index in [1.807, 2.05) is 13.8 Å². The minimum atomic E-state index is -0.510. The Morgan fingerprint density at radius 2 is 2.04 bits per heavy atom. The third-order valence-electron chi connectivity index (χ3n) is 4.72. The van der Waals surface area contributed by atoms with Crippen LogP contribution in [0.5, 0.6) is 0 Å². The highest BCUT2D eigenvalue weighted by Gasteiger charge is 2.54. The highest BCUT2D eigenvalue weighted by atomic mass is 32.2. The van der Waals surface area contributed by atoms with E-state index in [-0.39, 0.29) is 30.2 Å². The molecule has 1 fully saturated rings. The van der Waals surface area contributed by atoms with E-state index in [1.54, 1.807) is 28.8 Å². The van der Waals surface area contributed by atoms with Crippen LogP contribution in [-0.2, 0) is 20.9 Å². The number of nitro benzene ring substituents is 1. The van der Waals surface area contributed by atoms with Gasteiger partial charge in [-0.05, 0) is 29.9 Å². The number of β-lactam (4-membered cyclic amide) rings is 1. The van der Waals surface area contributed by atoms with Crippen LogP contribution in [0.2, 0.25) is 0 Å². The Balaban J connectivity index is 1.70. The molecule has 2 aliphatic rings. The van der Waals surface area contributed by atoms with Crippen molar-refractivity contribution < 1.29 is 19.2 Å². The maximum Gasteiger partial charge on any atom is 0.356 e. The summed E-state index contributed by atoms with van der Waals surface area (Å²) >= 11 is 1.57. The molecule has 0 aliphatic carbocycles. The molecular weight excluding hydrogens is 356 g/mol. The fourth-order valence-corrected chi connectivity index (χ4v) is 4.38. The molecule has 3 rings (SSSR count). The quantitative estimate of drug-likeness (QED) is 0.314. The summed E-state index contributed by atoms with van der Waals surface area (Å²) in [5.74, 6) is 0.290. The van der Waals surface area contributed by atoms with Crippen molar-refractivity contribution in [1.29, 1.82) is 0 Å². The maximum atomic E-state index is 12.6. The Morgan fingerprint density at radius 1 is 1.35 bits per heavy atom. The topological polar surface area (TPSA) is 89.8 Å². The van der Waals surface area contributed by atoms with E-state index in [0.29, 0.717) is 17.7 Å². The van der Waals surface area contributed by atoms with Gasteiger partial charge in [-0.15, -0.1) is 11.8 Å². The fourth-order valence-electron chi connectivity index (χ4n) is 3.43. The van der Waals surface area contributed by atoms with Crippen LogP contribution < -0.4 is 0 Å². The maximum absolute atomic E-state index is 12.6. The number of amides is 1. The van der Waals surface area contributed by atoms with Crippen LogP contribution in [-0.4, -0.2) is 33.5 Å². The van der Waals surface area contributed by atoms with Crippen molar-refractivity contribution in [2.24, 2.45) is 5.92 Å².